The number of benzene rings is 2. The van der Waals surface area contributed by atoms with E-state index >= 15 is 0 Å². The first-order valence-corrected chi connectivity index (χ1v) is 11.9. The number of rotatable bonds is 4. The summed E-state index contributed by atoms with van der Waals surface area (Å²) >= 11 is 3.90. The van der Waals surface area contributed by atoms with Crippen LogP contribution in [0.1, 0.15) is 26.9 Å². The van der Waals surface area contributed by atoms with E-state index in [2.05, 4.69) is 5.32 Å². The van der Waals surface area contributed by atoms with E-state index in [1.807, 2.05) is 47.8 Å². The van der Waals surface area contributed by atoms with Crippen LogP contribution in [0.2, 0.25) is 0 Å². The number of sulfone groups is 1. The Balaban J connectivity index is 1.66. The molecule has 1 aliphatic rings. The predicted molar refractivity (Wildman–Crippen MR) is 106 cm³/mol. The molecule has 1 amide bonds. The number of amides is 1. The largest absolute Gasteiger partial charge is 0.322 e. The van der Waals surface area contributed by atoms with E-state index in [1.165, 1.54) is 35.6 Å². The maximum atomic E-state index is 12.3. The molecule has 0 bridgehead atoms. The second kappa shape index (κ2) is 7.85. The number of anilines is 1. The molecule has 0 saturated carbocycles. The summed E-state index contributed by atoms with van der Waals surface area (Å²) < 4.78 is 23.4. The standard InChI is InChI=1S/C18H19NO3S3/c1-25(21,22)16-9-7-15(8-10-16)19-17(20)13-3-5-14(6-4-13)18-23-11-2-12-24-18/h3-10,18H,2,11-12H2,1H3,(H,19,20). The van der Waals surface area contributed by atoms with Gasteiger partial charge in [-0.15, -0.1) is 23.5 Å². The molecule has 1 aliphatic heterocycles. The maximum absolute atomic E-state index is 12.3. The lowest BCUT2D eigenvalue weighted by atomic mass is 10.1. The molecule has 4 nitrogen and oxygen atoms in total. The fourth-order valence-corrected chi connectivity index (χ4v) is 5.99. The zero-order valence-electron chi connectivity index (χ0n) is 13.8. The summed E-state index contributed by atoms with van der Waals surface area (Å²) in [6.45, 7) is 0. The zero-order chi connectivity index (χ0) is 17.9. The van der Waals surface area contributed by atoms with Crippen molar-refractivity contribution in [3.8, 4) is 0 Å². The maximum Gasteiger partial charge on any atom is 0.255 e. The molecule has 1 heterocycles. The summed E-state index contributed by atoms with van der Waals surface area (Å²) in [6.07, 6.45) is 2.41. The van der Waals surface area contributed by atoms with E-state index in [9.17, 15) is 13.2 Å². The van der Waals surface area contributed by atoms with Crippen LogP contribution in [0.3, 0.4) is 0 Å². The van der Waals surface area contributed by atoms with E-state index in [1.54, 1.807) is 12.1 Å². The van der Waals surface area contributed by atoms with E-state index in [0.717, 1.165) is 6.26 Å². The van der Waals surface area contributed by atoms with Crippen LogP contribution in [0.25, 0.3) is 0 Å². The van der Waals surface area contributed by atoms with Crippen molar-refractivity contribution in [2.75, 3.05) is 23.1 Å². The lowest BCUT2D eigenvalue weighted by molar-refractivity contribution is 0.102. The number of thioether (sulfide) groups is 2. The lowest BCUT2D eigenvalue weighted by Gasteiger charge is -2.21. The van der Waals surface area contributed by atoms with Gasteiger partial charge < -0.3 is 5.32 Å². The summed E-state index contributed by atoms with van der Waals surface area (Å²) in [5.41, 5.74) is 2.39. The van der Waals surface area contributed by atoms with Crippen LogP contribution < -0.4 is 5.32 Å². The average molecular weight is 394 g/mol. The first kappa shape index (κ1) is 18.4. The highest BCUT2D eigenvalue weighted by atomic mass is 32.2. The van der Waals surface area contributed by atoms with Crippen LogP contribution in [0, 0.1) is 0 Å². The van der Waals surface area contributed by atoms with E-state index in [0.29, 0.717) is 15.8 Å². The molecule has 0 aromatic heterocycles. The summed E-state index contributed by atoms with van der Waals surface area (Å²) in [4.78, 5) is 12.6. The molecule has 2 aromatic carbocycles. The molecular weight excluding hydrogens is 374 g/mol. The fourth-order valence-electron chi connectivity index (χ4n) is 2.46. The minimum atomic E-state index is -3.23. The topological polar surface area (TPSA) is 63.2 Å². The van der Waals surface area contributed by atoms with Crippen molar-refractivity contribution in [2.45, 2.75) is 15.9 Å². The third-order valence-electron chi connectivity index (χ3n) is 3.81. The van der Waals surface area contributed by atoms with Crippen molar-refractivity contribution >= 4 is 45.0 Å². The summed E-state index contributed by atoms with van der Waals surface area (Å²) in [5, 5.41) is 2.79. The van der Waals surface area contributed by atoms with Crippen molar-refractivity contribution in [1.29, 1.82) is 0 Å². The van der Waals surface area contributed by atoms with Crippen LogP contribution in [0.4, 0.5) is 5.69 Å². The molecule has 7 heteroatoms. The summed E-state index contributed by atoms with van der Waals surface area (Å²) in [7, 11) is -3.23. The molecule has 0 unspecified atom stereocenters. The molecule has 25 heavy (non-hydrogen) atoms. The van der Waals surface area contributed by atoms with Gasteiger partial charge in [0.2, 0.25) is 0 Å². The second-order valence-corrected chi connectivity index (χ2v) is 10.5. The minimum absolute atomic E-state index is 0.206. The molecule has 1 saturated heterocycles. The van der Waals surface area contributed by atoms with Gasteiger partial charge in [-0.2, -0.15) is 0 Å². The number of carbonyl (C=O) groups excluding carboxylic acids is 1. The van der Waals surface area contributed by atoms with Crippen molar-refractivity contribution < 1.29 is 13.2 Å². The first-order chi connectivity index (χ1) is 11.9. The van der Waals surface area contributed by atoms with Crippen LogP contribution in [-0.4, -0.2) is 32.1 Å². The molecule has 2 aromatic rings. The van der Waals surface area contributed by atoms with Crippen molar-refractivity contribution in [3.63, 3.8) is 0 Å². The molecule has 3 rings (SSSR count). The van der Waals surface area contributed by atoms with Crippen LogP contribution >= 0.6 is 23.5 Å². The molecule has 0 aliphatic carbocycles. The van der Waals surface area contributed by atoms with Gasteiger partial charge in [-0.05, 0) is 59.9 Å². The Morgan fingerprint density at radius 2 is 1.60 bits per heavy atom. The zero-order valence-corrected chi connectivity index (χ0v) is 16.2. The third kappa shape index (κ3) is 4.80. The van der Waals surface area contributed by atoms with Crippen LogP contribution in [0.5, 0.6) is 0 Å². The molecular formula is C18H19NO3S3. The van der Waals surface area contributed by atoms with Gasteiger partial charge in [0.15, 0.2) is 9.84 Å². The highest BCUT2D eigenvalue weighted by Gasteiger charge is 2.17. The van der Waals surface area contributed by atoms with Crippen molar-refractivity contribution in [2.24, 2.45) is 0 Å². The molecule has 132 valence electrons. The van der Waals surface area contributed by atoms with Crippen LogP contribution in [0.15, 0.2) is 53.4 Å². The van der Waals surface area contributed by atoms with Crippen molar-refractivity contribution in [1.82, 2.24) is 0 Å². The highest BCUT2D eigenvalue weighted by Crippen LogP contribution is 2.43. The Bertz CT molecular complexity index is 840. The Morgan fingerprint density at radius 1 is 1.00 bits per heavy atom. The highest BCUT2D eigenvalue weighted by molar-refractivity contribution is 8.16. The Kier molecular flexibility index (Phi) is 5.76. The van der Waals surface area contributed by atoms with E-state index in [-0.39, 0.29) is 10.8 Å². The Morgan fingerprint density at radius 3 is 2.16 bits per heavy atom. The minimum Gasteiger partial charge on any atom is -0.322 e. The Labute approximate surface area is 156 Å². The first-order valence-electron chi connectivity index (χ1n) is 7.88. The van der Waals surface area contributed by atoms with E-state index in [4.69, 9.17) is 0 Å². The monoisotopic (exact) mass is 393 g/mol. The number of hydrogen-bond acceptors (Lipinski definition) is 5. The van der Waals surface area contributed by atoms with Gasteiger partial charge in [0.25, 0.3) is 5.91 Å². The van der Waals surface area contributed by atoms with Gasteiger partial charge >= 0.3 is 0 Å². The molecule has 1 N–H and O–H groups in total. The van der Waals surface area contributed by atoms with Gasteiger partial charge in [-0.25, -0.2) is 8.42 Å². The fraction of sp³-hybridized carbons (Fsp3) is 0.278. The lowest BCUT2D eigenvalue weighted by Crippen LogP contribution is -2.12. The average Bonchev–Trinajstić information content (AvgIpc) is 2.62. The van der Waals surface area contributed by atoms with Gasteiger partial charge in [0.1, 0.15) is 0 Å². The van der Waals surface area contributed by atoms with Gasteiger partial charge in [0.05, 0.1) is 9.48 Å². The number of carbonyl (C=O) groups is 1. The SMILES string of the molecule is CS(=O)(=O)c1ccc(NC(=O)c2ccc(C3SCCCS3)cc2)cc1. The number of hydrogen-bond donors (Lipinski definition) is 1. The number of nitrogens with one attached hydrogen (secondary N) is 1. The summed E-state index contributed by atoms with van der Waals surface area (Å²) in [6, 6.07) is 13.9. The van der Waals surface area contributed by atoms with Crippen LogP contribution in [-0.2, 0) is 9.84 Å². The van der Waals surface area contributed by atoms with E-state index < -0.39 is 9.84 Å². The molecule has 1 fully saturated rings. The molecule has 0 atom stereocenters. The normalized spacial score (nSPS) is 15.7. The third-order valence-corrected chi connectivity index (χ3v) is 7.96. The Hall–Kier alpha value is -1.44. The quantitative estimate of drug-likeness (QED) is 0.843. The van der Waals surface area contributed by atoms with Gasteiger partial charge in [0, 0.05) is 17.5 Å². The van der Waals surface area contributed by atoms with Gasteiger partial charge in [-0.1, -0.05) is 12.1 Å². The predicted octanol–water partition coefficient (Wildman–Crippen LogP) is 4.21. The smallest absolute Gasteiger partial charge is 0.255 e. The second-order valence-electron chi connectivity index (χ2n) is 5.80. The van der Waals surface area contributed by atoms with Gasteiger partial charge in [-0.3, -0.25) is 4.79 Å². The summed E-state index contributed by atoms with van der Waals surface area (Å²) in [5.74, 6) is 2.16. The molecule has 0 radical (unpaired) electrons. The molecule has 0 spiro atoms. The van der Waals surface area contributed by atoms with Crippen molar-refractivity contribution in [3.05, 3.63) is 59.7 Å².